The van der Waals surface area contributed by atoms with Gasteiger partial charge in [-0.1, -0.05) is 18.5 Å². The summed E-state index contributed by atoms with van der Waals surface area (Å²) in [5.41, 5.74) is 6.51. The summed E-state index contributed by atoms with van der Waals surface area (Å²) in [6.45, 7) is 1.96. The summed E-state index contributed by atoms with van der Waals surface area (Å²) < 4.78 is 5.58. The Morgan fingerprint density at radius 1 is 1.35 bits per heavy atom. The summed E-state index contributed by atoms with van der Waals surface area (Å²) in [6.07, 6.45) is 5.14. The second-order valence-corrected chi connectivity index (χ2v) is 3.77. The van der Waals surface area contributed by atoms with E-state index in [9.17, 15) is 0 Å². The van der Waals surface area contributed by atoms with Crippen LogP contribution >= 0.6 is 11.6 Å². The lowest BCUT2D eigenvalue weighted by molar-refractivity contribution is 0.453. The highest BCUT2D eigenvalue weighted by molar-refractivity contribution is 6.30. The molecule has 5 nitrogen and oxygen atoms in total. The zero-order valence-corrected chi connectivity index (χ0v) is 9.98. The van der Waals surface area contributed by atoms with Gasteiger partial charge in [-0.05, 0) is 6.42 Å². The minimum Gasteiger partial charge on any atom is -0.437 e. The quantitative estimate of drug-likeness (QED) is 0.906. The molecule has 2 heterocycles. The van der Waals surface area contributed by atoms with Crippen molar-refractivity contribution in [1.29, 1.82) is 0 Å². The van der Waals surface area contributed by atoms with Crippen LogP contribution in [0.5, 0.6) is 11.6 Å². The van der Waals surface area contributed by atoms with Crippen LogP contribution in [0.3, 0.4) is 0 Å². The molecule has 0 aliphatic rings. The summed E-state index contributed by atoms with van der Waals surface area (Å²) in [5, 5.41) is 0.502. The number of aromatic nitrogens is 3. The highest BCUT2D eigenvalue weighted by Gasteiger charge is 2.09. The van der Waals surface area contributed by atoms with E-state index < -0.39 is 0 Å². The van der Waals surface area contributed by atoms with Crippen LogP contribution in [-0.4, -0.2) is 15.0 Å². The lowest BCUT2D eigenvalue weighted by Gasteiger charge is -2.09. The number of nitrogens with zero attached hydrogens (tertiary/aromatic N) is 3. The van der Waals surface area contributed by atoms with Crippen LogP contribution in [0.2, 0.25) is 5.02 Å². The van der Waals surface area contributed by atoms with Gasteiger partial charge in [0.05, 0.1) is 16.8 Å². The fourth-order valence-corrected chi connectivity index (χ4v) is 1.55. The molecule has 0 unspecified atom stereocenters. The highest BCUT2D eigenvalue weighted by atomic mass is 35.5. The number of nitrogens with two attached hydrogens (primary N) is 1. The maximum absolute atomic E-state index is 5.82. The standard InChI is InChI=1S/C11H11ClN4O/c1-2-9-10(13)15-6-16-11(9)17-8-3-7(12)4-14-5-8/h3-6H,2H2,1H3,(H2,13,15,16). The molecule has 88 valence electrons. The van der Waals surface area contributed by atoms with Crippen LogP contribution in [0.4, 0.5) is 5.82 Å². The van der Waals surface area contributed by atoms with Crippen molar-refractivity contribution in [3.8, 4) is 11.6 Å². The summed E-state index contributed by atoms with van der Waals surface area (Å²) in [5.74, 6) is 1.38. The average Bonchev–Trinajstić information content (AvgIpc) is 2.29. The number of pyridine rings is 1. The molecule has 0 saturated carbocycles. The van der Waals surface area contributed by atoms with Crippen molar-refractivity contribution in [3.63, 3.8) is 0 Å². The molecule has 17 heavy (non-hydrogen) atoms. The number of hydrogen-bond acceptors (Lipinski definition) is 5. The fraction of sp³-hybridized carbons (Fsp3) is 0.182. The third-order valence-corrected chi connectivity index (χ3v) is 2.39. The molecule has 0 spiro atoms. The number of nitrogen functional groups attached to an aromatic ring is 1. The Bertz CT molecular complexity index is 533. The molecule has 0 bridgehead atoms. The highest BCUT2D eigenvalue weighted by Crippen LogP contribution is 2.26. The van der Waals surface area contributed by atoms with Crippen molar-refractivity contribution < 1.29 is 4.74 Å². The molecule has 0 aliphatic carbocycles. The van der Waals surface area contributed by atoms with E-state index in [-0.39, 0.29) is 0 Å². The normalized spacial score (nSPS) is 10.2. The van der Waals surface area contributed by atoms with Crippen molar-refractivity contribution in [3.05, 3.63) is 35.4 Å². The third-order valence-electron chi connectivity index (χ3n) is 2.19. The number of rotatable bonds is 3. The van der Waals surface area contributed by atoms with Gasteiger partial charge in [0, 0.05) is 12.3 Å². The first-order valence-corrected chi connectivity index (χ1v) is 5.46. The van der Waals surface area contributed by atoms with Crippen LogP contribution in [0, 0.1) is 0 Å². The first-order valence-electron chi connectivity index (χ1n) is 5.08. The van der Waals surface area contributed by atoms with Crippen LogP contribution in [0.1, 0.15) is 12.5 Å². The van der Waals surface area contributed by atoms with Crippen molar-refractivity contribution in [2.24, 2.45) is 0 Å². The van der Waals surface area contributed by atoms with Gasteiger partial charge in [0.1, 0.15) is 17.9 Å². The van der Waals surface area contributed by atoms with Crippen molar-refractivity contribution in [2.75, 3.05) is 5.73 Å². The first-order chi connectivity index (χ1) is 8.20. The second kappa shape index (κ2) is 4.97. The Kier molecular flexibility index (Phi) is 3.39. The van der Waals surface area contributed by atoms with Crippen LogP contribution in [-0.2, 0) is 6.42 Å². The monoisotopic (exact) mass is 250 g/mol. The molecule has 0 amide bonds. The lowest BCUT2D eigenvalue weighted by atomic mass is 10.2. The molecule has 0 fully saturated rings. The van der Waals surface area contributed by atoms with E-state index in [0.29, 0.717) is 28.9 Å². The predicted octanol–water partition coefficient (Wildman–Crippen LogP) is 2.46. The van der Waals surface area contributed by atoms with Crippen LogP contribution in [0.15, 0.2) is 24.8 Å². The van der Waals surface area contributed by atoms with Crippen molar-refractivity contribution in [2.45, 2.75) is 13.3 Å². The van der Waals surface area contributed by atoms with Gasteiger partial charge < -0.3 is 10.5 Å². The van der Waals surface area contributed by atoms with Crippen LogP contribution < -0.4 is 10.5 Å². The molecule has 0 radical (unpaired) electrons. The smallest absolute Gasteiger partial charge is 0.227 e. The molecule has 0 aliphatic heterocycles. The Morgan fingerprint density at radius 3 is 2.88 bits per heavy atom. The van der Waals surface area contributed by atoms with E-state index in [2.05, 4.69) is 15.0 Å². The summed E-state index contributed by atoms with van der Waals surface area (Å²) in [7, 11) is 0. The van der Waals surface area contributed by atoms with E-state index in [1.54, 1.807) is 12.3 Å². The van der Waals surface area contributed by atoms with E-state index in [4.69, 9.17) is 22.1 Å². The molecule has 0 aromatic carbocycles. The Morgan fingerprint density at radius 2 is 2.18 bits per heavy atom. The largest absolute Gasteiger partial charge is 0.437 e. The molecule has 6 heteroatoms. The minimum atomic E-state index is 0.424. The SMILES string of the molecule is CCc1c(N)ncnc1Oc1cncc(Cl)c1. The van der Waals surface area contributed by atoms with Gasteiger partial charge in [-0.15, -0.1) is 0 Å². The van der Waals surface area contributed by atoms with Gasteiger partial charge >= 0.3 is 0 Å². The number of anilines is 1. The van der Waals surface area contributed by atoms with Gasteiger partial charge in [0.2, 0.25) is 5.88 Å². The lowest BCUT2D eigenvalue weighted by Crippen LogP contribution is -2.01. The minimum absolute atomic E-state index is 0.424. The van der Waals surface area contributed by atoms with E-state index in [1.807, 2.05) is 6.92 Å². The van der Waals surface area contributed by atoms with Gasteiger partial charge in [0.15, 0.2) is 0 Å². The number of halogens is 1. The van der Waals surface area contributed by atoms with Gasteiger partial charge in [-0.3, -0.25) is 4.98 Å². The Balaban J connectivity index is 2.33. The Labute approximate surface area is 104 Å². The van der Waals surface area contributed by atoms with E-state index >= 15 is 0 Å². The summed E-state index contributed by atoms with van der Waals surface area (Å²) >= 11 is 5.82. The summed E-state index contributed by atoms with van der Waals surface area (Å²) in [6, 6.07) is 1.66. The zero-order valence-electron chi connectivity index (χ0n) is 9.22. The third kappa shape index (κ3) is 2.62. The fourth-order valence-electron chi connectivity index (χ4n) is 1.39. The molecular formula is C11H11ClN4O. The maximum Gasteiger partial charge on any atom is 0.227 e. The molecular weight excluding hydrogens is 240 g/mol. The second-order valence-electron chi connectivity index (χ2n) is 3.34. The Hall–Kier alpha value is -1.88. The molecule has 2 rings (SSSR count). The molecule has 2 N–H and O–H groups in total. The molecule has 0 saturated heterocycles. The molecule has 2 aromatic rings. The van der Waals surface area contributed by atoms with Gasteiger partial charge in [0.25, 0.3) is 0 Å². The van der Waals surface area contributed by atoms with Gasteiger partial charge in [-0.2, -0.15) is 0 Å². The average molecular weight is 251 g/mol. The zero-order chi connectivity index (χ0) is 12.3. The topological polar surface area (TPSA) is 73.9 Å². The summed E-state index contributed by atoms with van der Waals surface area (Å²) in [4.78, 5) is 11.9. The van der Waals surface area contributed by atoms with Crippen LogP contribution in [0.25, 0.3) is 0 Å². The van der Waals surface area contributed by atoms with Gasteiger partial charge in [-0.25, -0.2) is 9.97 Å². The number of hydrogen-bond donors (Lipinski definition) is 1. The maximum atomic E-state index is 5.82. The molecule has 2 aromatic heterocycles. The van der Waals surface area contributed by atoms with E-state index in [1.165, 1.54) is 12.5 Å². The van der Waals surface area contributed by atoms with Crippen molar-refractivity contribution in [1.82, 2.24) is 15.0 Å². The molecule has 0 atom stereocenters. The number of ether oxygens (including phenoxy) is 1. The predicted molar refractivity (Wildman–Crippen MR) is 65.1 cm³/mol. The van der Waals surface area contributed by atoms with E-state index in [0.717, 1.165) is 5.56 Å². The first kappa shape index (κ1) is 11.6. The van der Waals surface area contributed by atoms with Crippen molar-refractivity contribution >= 4 is 17.4 Å².